The molecule has 6 heteroatoms. The van der Waals surface area contributed by atoms with Gasteiger partial charge >= 0.3 is 0 Å². The van der Waals surface area contributed by atoms with Gasteiger partial charge in [0.05, 0.1) is 11.6 Å². The van der Waals surface area contributed by atoms with E-state index < -0.39 is 0 Å². The molecule has 25 heavy (non-hydrogen) atoms. The standard InChI is InChI=1S/C19H21ClN2O3/c20-15-5-10-18(21-11-15)25-17-8-3-14(4-9-17)19(24)22-16-6-1-13(12-23)2-7-16/h1-2,5-7,10-11,14,17,23H,3-4,8-9,12H2,(H,22,24). The second-order valence-electron chi connectivity index (χ2n) is 6.25. The van der Waals surface area contributed by atoms with Crippen LogP contribution in [0.15, 0.2) is 42.6 Å². The maximum absolute atomic E-state index is 12.4. The quantitative estimate of drug-likeness (QED) is 0.850. The zero-order valence-electron chi connectivity index (χ0n) is 13.8. The van der Waals surface area contributed by atoms with Crippen molar-refractivity contribution in [2.75, 3.05) is 5.32 Å². The molecule has 1 aromatic heterocycles. The largest absolute Gasteiger partial charge is 0.474 e. The summed E-state index contributed by atoms with van der Waals surface area (Å²) in [5.74, 6) is 0.608. The number of ether oxygens (including phenoxy) is 1. The molecule has 1 amide bonds. The fraction of sp³-hybridized carbons (Fsp3) is 0.368. The first kappa shape index (κ1) is 17.7. The van der Waals surface area contributed by atoms with Crippen LogP contribution in [-0.2, 0) is 11.4 Å². The second-order valence-corrected chi connectivity index (χ2v) is 6.69. The van der Waals surface area contributed by atoms with Crippen LogP contribution in [0, 0.1) is 5.92 Å². The Morgan fingerprint density at radius 3 is 2.48 bits per heavy atom. The number of amides is 1. The minimum absolute atomic E-state index is 0.000711. The van der Waals surface area contributed by atoms with E-state index in [9.17, 15) is 4.79 Å². The van der Waals surface area contributed by atoms with Gasteiger partial charge in [-0.15, -0.1) is 0 Å². The third kappa shape index (κ3) is 4.94. The molecule has 0 aliphatic heterocycles. The Kier molecular flexibility index (Phi) is 5.89. The number of anilines is 1. The lowest BCUT2D eigenvalue weighted by Gasteiger charge is -2.28. The van der Waals surface area contributed by atoms with Gasteiger partial charge in [-0.2, -0.15) is 0 Å². The first-order chi connectivity index (χ1) is 12.1. The molecule has 0 atom stereocenters. The maximum Gasteiger partial charge on any atom is 0.227 e. The average molecular weight is 361 g/mol. The molecule has 0 unspecified atom stereocenters. The molecule has 2 N–H and O–H groups in total. The predicted octanol–water partition coefficient (Wildman–Crippen LogP) is 3.80. The van der Waals surface area contributed by atoms with E-state index in [1.54, 1.807) is 30.5 Å². The number of halogens is 1. The van der Waals surface area contributed by atoms with Crippen molar-refractivity contribution in [3.8, 4) is 5.88 Å². The highest BCUT2D eigenvalue weighted by Crippen LogP contribution is 2.28. The number of aromatic nitrogens is 1. The van der Waals surface area contributed by atoms with Crippen LogP contribution >= 0.6 is 11.6 Å². The van der Waals surface area contributed by atoms with E-state index >= 15 is 0 Å². The molecule has 0 spiro atoms. The van der Waals surface area contributed by atoms with Gasteiger partial charge in [-0.1, -0.05) is 23.7 Å². The Labute approximate surface area is 152 Å². The van der Waals surface area contributed by atoms with E-state index in [4.69, 9.17) is 21.4 Å². The first-order valence-electron chi connectivity index (χ1n) is 8.43. The molecule has 1 aliphatic rings. The number of nitrogens with one attached hydrogen (secondary N) is 1. The van der Waals surface area contributed by atoms with Gasteiger partial charge in [0.25, 0.3) is 0 Å². The molecular formula is C19H21ClN2O3. The Bertz CT molecular complexity index is 696. The number of carbonyl (C=O) groups excluding carboxylic acids is 1. The van der Waals surface area contributed by atoms with Crippen molar-refractivity contribution in [1.82, 2.24) is 4.98 Å². The topological polar surface area (TPSA) is 71.5 Å². The molecule has 1 fully saturated rings. The lowest BCUT2D eigenvalue weighted by Crippen LogP contribution is -2.31. The van der Waals surface area contributed by atoms with Gasteiger partial charge < -0.3 is 15.2 Å². The summed E-state index contributed by atoms with van der Waals surface area (Å²) in [4.78, 5) is 16.5. The van der Waals surface area contributed by atoms with Crippen LogP contribution in [0.25, 0.3) is 0 Å². The highest BCUT2D eigenvalue weighted by Gasteiger charge is 2.27. The molecule has 1 heterocycles. The third-order valence-electron chi connectivity index (χ3n) is 4.44. The van der Waals surface area contributed by atoms with E-state index in [-0.39, 0.29) is 24.5 Å². The number of benzene rings is 1. The highest BCUT2D eigenvalue weighted by atomic mass is 35.5. The molecule has 1 aliphatic carbocycles. The fourth-order valence-electron chi connectivity index (χ4n) is 2.98. The minimum atomic E-state index is -0.00412. The van der Waals surface area contributed by atoms with E-state index in [1.165, 1.54) is 0 Å². The summed E-state index contributed by atoms with van der Waals surface area (Å²) in [7, 11) is 0. The van der Waals surface area contributed by atoms with E-state index in [0.717, 1.165) is 36.9 Å². The summed E-state index contributed by atoms with van der Waals surface area (Å²) in [6.45, 7) is 0.000711. The van der Waals surface area contributed by atoms with Crippen molar-refractivity contribution in [2.24, 2.45) is 5.92 Å². The summed E-state index contributed by atoms with van der Waals surface area (Å²) in [6.07, 6.45) is 4.88. The first-order valence-corrected chi connectivity index (χ1v) is 8.80. The average Bonchev–Trinajstić information content (AvgIpc) is 2.65. The molecule has 0 saturated heterocycles. The van der Waals surface area contributed by atoms with Crippen LogP contribution in [0.2, 0.25) is 5.02 Å². The molecule has 0 bridgehead atoms. The fourth-order valence-corrected chi connectivity index (χ4v) is 3.10. The van der Waals surface area contributed by atoms with Crippen molar-refractivity contribution in [2.45, 2.75) is 38.4 Å². The number of pyridine rings is 1. The van der Waals surface area contributed by atoms with Gasteiger partial charge in [0.2, 0.25) is 11.8 Å². The van der Waals surface area contributed by atoms with Crippen molar-refractivity contribution < 1.29 is 14.6 Å². The molecule has 0 radical (unpaired) electrons. The smallest absolute Gasteiger partial charge is 0.227 e. The van der Waals surface area contributed by atoms with Gasteiger partial charge in [-0.3, -0.25) is 4.79 Å². The molecule has 132 valence electrons. The maximum atomic E-state index is 12.4. The zero-order chi connectivity index (χ0) is 17.6. The van der Waals surface area contributed by atoms with Crippen molar-refractivity contribution >= 4 is 23.2 Å². The SMILES string of the molecule is O=C(Nc1ccc(CO)cc1)C1CCC(Oc2ccc(Cl)cn2)CC1. The van der Waals surface area contributed by atoms with Gasteiger partial charge in [-0.25, -0.2) is 4.98 Å². The highest BCUT2D eigenvalue weighted by molar-refractivity contribution is 6.30. The van der Waals surface area contributed by atoms with Gasteiger partial charge in [0.1, 0.15) is 6.10 Å². The van der Waals surface area contributed by atoms with Crippen LogP contribution in [0.1, 0.15) is 31.2 Å². The molecular weight excluding hydrogens is 340 g/mol. The number of aliphatic hydroxyl groups is 1. The van der Waals surface area contributed by atoms with Crippen LogP contribution in [-0.4, -0.2) is 22.1 Å². The van der Waals surface area contributed by atoms with Crippen LogP contribution < -0.4 is 10.1 Å². The van der Waals surface area contributed by atoms with Gasteiger partial charge in [0.15, 0.2) is 0 Å². The third-order valence-corrected chi connectivity index (χ3v) is 4.66. The molecule has 5 nitrogen and oxygen atoms in total. The van der Waals surface area contributed by atoms with Crippen LogP contribution in [0.5, 0.6) is 5.88 Å². The normalized spacial score (nSPS) is 20.1. The summed E-state index contributed by atoms with van der Waals surface area (Å²) >= 11 is 5.82. The van der Waals surface area contributed by atoms with Crippen molar-refractivity contribution in [1.29, 1.82) is 0 Å². The number of hydrogen-bond donors (Lipinski definition) is 2. The monoisotopic (exact) mass is 360 g/mol. The minimum Gasteiger partial charge on any atom is -0.474 e. The summed E-state index contributed by atoms with van der Waals surface area (Å²) in [6, 6.07) is 10.7. The summed E-state index contributed by atoms with van der Waals surface area (Å²) in [5.41, 5.74) is 1.58. The Hall–Kier alpha value is -2.11. The number of carbonyl (C=O) groups is 1. The Balaban J connectivity index is 1.47. The molecule has 3 rings (SSSR count). The van der Waals surface area contributed by atoms with Crippen LogP contribution in [0.4, 0.5) is 5.69 Å². The Morgan fingerprint density at radius 1 is 1.16 bits per heavy atom. The number of nitrogens with zero attached hydrogens (tertiary/aromatic N) is 1. The molecule has 1 aromatic carbocycles. The lowest BCUT2D eigenvalue weighted by atomic mass is 9.86. The second kappa shape index (κ2) is 8.32. The van der Waals surface area contributed by atoms with E-state index in [0.29, 0.717) is 10.9 Å². The van der Waals surface area contributed by atoms with Crippen LogP contribution in [0.3, 0.4) is 0 Å². The van der Waals surface area contributed by atoms with E-state index in [2.05, 4.69) is 10.3 Å². The lowest BCUT2D eigenvalue weighted by molar-refractivity contribution is -0.121. The summed E-state index contributed by atoms with van der Waals surface area (Å²) in [5, 5.41) is 12.6. The van der Waals surface area contributed by atoms with E-state index in [1.807, 2.05) is 12.1 Å². The number of hydrogen-bond acceptors (Lipinski definition) is 4. The van der Waals surface area contributed by atoms with Gasteiger partial charge in [0, 0.05) is 23.9 Å². The zero-order valence-corrected chi connectivity index (χ0v) is 14.6. The summed E-state index contributed by atoms with van der Waals surface area (Å²) < 4.78 is 5.86. The molecule has 2 aromatic rings. The number of rotatable bonds is 5. The van der Waals surface area contributed by atoms with Crippen molar-refractivity contribution in [3.05, 3.63) is 53.2 Å². The van der Waals surface area contributed by atoms with Crippen molar-refractivity contribution in [3.63, 3.8) is 0 Å². The number of aliphatic hydroxyl groups excluding tert-OH is 1. The van der Waals surface area contributed by atoms with Gasteiger partial charge in [-0.05, 0) is 49.4 Å². The predicted molar refractivity (Wildman–Crippen MR) is 96.6 cm³/mol. The molecule has 1 saturated carbocycles. The Morgan fingerprint density at radius 2 is 1.88 bits per heavy atom.